The van der Waals surface area contributed by atoms with Crippen LogP contribution in [0.3, 0.4) is 0 Å². The van der Waals surface area contributed by atoms with Gasteiger partial charge in [-0.2, -0.15) is 65.9 Å². The molecule has 0 aliphatic carbocycles. The maximum absolute atomic E-state index is 13.5. The second-order valence-electron chi connectivity index (χ2n) is 8.46. The van der Waals surface area contributed by atoms with Gasteiger partial charge in [0.2, 0.25) is 0 Å². The predicted octanol–water partition coefficient (Wildman–Crippen LogP) is 5.07. The number of halogens is 15. The molecule has 0 radical (unpaired) electrons. The summed E-state index contributed by atoms with van der Waals surface area (Å²) in [5.74, 6) is -34.8. The molecular weight excluding hydrogens is 663 g/mol. The highest BCUT2D eigenvalue weighted by Gasteiger charge is 2.67. The smallest absolute Gasteiger partial charge is 0.464 e. The minimum atomic E-state index is -6.70. The standard InChI is InChI=1S/C21H14F15NO7/c1-3-42-12(39)15(2,37-11(38)16(22,23)19(28,29)30)7-8-4-5-9(43-13(40)17(24,25)20(31,32)33)10(6-8)44-14(41)18(26,27)21(34,35)36/h4-6H,3,7H2,1-2H3,(H,37,38)/t15-/m0/s1. The molecule has 1 amide bonds. The van der Waals surface area contributed by atoms with E-state index in [0.717, 1.165) is 12.2 Å². The lowest BCUT2D eigenvalue weighted by Crippen LogP contribution is -2.61. The number of carbonyl (C=O) groups is 4. The van der Waals surface area contributed by atoms with Crippen molar-refractivity contribution >= 4 is 23.8 Å². The zero-order valence-corrected chi connectivity index (χ0v) is 21.2. The van der Waals surface area contributed by atoms with E-state index in [1.807, 2.05) is 0 Å². The minimum absolute atomic E-state index is 0.00570. The topological polar surface area (TPSA) is 108 Å². The van der Waals surface area contributed by atoms with Gasteiger partial charge in [-0.1, -0.05) is 6.07 Å². The van der Waals surface area contributed by atoms with Gasteiger partial charge in [-0.05, 0) is 31.5 Å². The molecular formula is C21H14F15NO7. The van der Waals surface area contributed by atoms with Crippen LogP contribution in [0.2, 0.25) is 0 Å². The van der Waals surface area contributed by atoms with Gasteiger partial charge in [-0.3, -0.25) is 4.79 Å². The first-order chi connectivity index (χ1) is 19.5. The highest BCUT2D eigenvalue weighted by Crippen LogP contribution is 2.41. The third-order valence-corrected chi connectivity index (χ3v) is 4.95. The van der Waals surface area contributed by atoms with E-state index in [0.29, 0.717) is 13.0 Å². The largest absolute Gasteiger partial charge is 0.465 e. The number of amides is 1. The summed E-state index contributed by atoms with van der Waals surface area (Å²) in [5, 5.41) is 0.991. The van der Waals surface area contributed by atoms with Crippen molar-refractivity contribution in [3.8, 4) is 11.5 Å². The molecule has 0 saturated carbocycles. The average Bonchev–Trinajstić information content (AvgIpc) is 2.83. The van der Waals surface area contributed by atoms with E-state index in [4.69, 9.17) is 0 Å². The second-order valence-corrected chi connectivity index (χ2v) is 8.46. The average molecular weight is 677 g/mol. The van der Waals surface area contributed by atoms with E-state index in [1.165, 1.54) is 0 Å². The van der Waals surface area contributed by atoms with Crippen LogP contribution in [0.5, 0.6) is 11.5 Å². The minimum Gasteiger partial charge on any atom is -0.464 e. The van der Waals surface area contributed by atoms with Gasteiger partial charge in [0, 0.05) is 6.42 Å². The molecule has 1 N–H and O–H groups in total. The van der Waals surface area contributed by atoms with Crippen molar-refractivity contribution < 1.29 is 99.2 Å². The second kappa shape index (κ2) is 12.2. The Balaban J connectivity index is 3.72. The molecule has 0 aliphatic heterocycles. The molecule has 0 aliphatic rings. The Hall–Kier alpha value is -3.95. The van der Waals surface area contributed by atoms with Crippen LogP contribution in [0.25, 0.3) is 0 Å². The summed E-state index contributed by atoms with van der Waals surface area (Å²) in [6, 6.07) is 0.301. The monoisotopic (exact) mass is 677 g/mol. The first-order valence-corrected chi connectivity index (χ1v) is 10.9. The van der Waals surface area contributed by atoms with Crippen LogP contribution < -0.4 is 14.8 Å². The number of hydrogen-bond acceptors (Lipinski definition) is 7. The van der Waals surface area contributed by atoms with Crippen molar-refractivity contribution in [2.45, 2.75) is 62.1 Å². The van der Waals surface area contributed by atoms with E-state index in [2.05, 4.69) is 14.2 Å². The fourth-order valence-electron chi connectivity index (χ4n) is 2.71. The van der Waals surface area contributed by atoms with Crippen molar-refractivity contribution in [1.29, 1.82) is 0 Å². The maximum atomic E-state index is 13.5. The fraction of sp³-hybridized carbons (Fsp3) is 0.524. The summed E-state index contributed by atoms with van der Waals surface area (Å²) < 4.78 is 205. The number of rotatable bonds is 10. The Morgan fingerprint density at radius 2 is 1.05 bits per heavy atom. The number of ether oxygens (including phenoxy) is 3. The van der Waals surface area contributed by atoms with Gasteiger partial charge in [-0.25, -0.2) is 14.4 Å². The molecule has 250 valence electrons. The summed E-state index contributed by atoms with van der Waals surface area (Å²) in [4.78, 5) is 47.0. The van der Waals surface area contributed by atoms with Crippen LogP contribution in [0.15, 0.2) is 18.2 Å². The molecule has 0 aromatic heterocycles. The molecule has 0 spiro atoms. The molecule has 1 atom stereocenters. The lowest BCUT2D eigenvalue weighted by atomic mass is 9.92. The number of hydrogen-bond donors (Lipinski definition) is 1. The number of carbonyl (C=O) groups excluding carboxylic acids is 4. The molecule has 1 aromatic rings. The van der Waals surface area contributed by atoms with Gasteiger partial charge in [0.05, 0.1) is 6.61 Å². The van der Waals surface area contributed by atoms with Gasteiger partial charge in [0.25, 0.3) is 0 Å². The van der Waals surface area contributed by atoms with Gasteiger partial charge < -0.3 is 19.5 Å². The van der Waals surface area contributed by atoms with Crippen molar-refractivity contribution in [2.24, 2.45) is 0 Å². The summed E-state index contributed by atoms with van der Waals surface area (Å²) in [6.07, 6.45) is -21.3. The Morgan fingerprint density at radius 3 is 1.43 bits per heavy atom. The van der Waals surface area contributed by atoms with Crippen molar-refractivity contribution in [3.63, 3.8) is 0 Å². The molecule has 8 nitrogen and oxygen atoms in total. The van der Waals surface area contributed by atoms with E-state index in [9.17, 15) is 85.0 Å². The molecule has 1 rings (SSSR count). The molecule has 0 heterocycles. The molecule has 44 heavy (non-hydrogen) atoms. The quantitative estimate of drug-likeness (QED) is 0.210. The van der Waals surface area contributed by atoms with Crippen LogP contribution in [-0.4, -0.2) is 72.3 Å². The van der Waals surface area contributed by atoms with Gasteiger partial charge in [0.15, 0.2) is 11.5 Å². The highest BCUT2D eigenvalue weighted by atomic mass is 19.4. The van der Waals surface area contributed by atoms with Crippen LogP contribution in [0.1, 0.15) is 19.4 Å². The summed E-state index contributed by atoms with van der Waals surface area (Å²) in [6.45, 7) is 0.872. The van der Waals surface area contributed by atoms with Crippen LogP contribution in [0, 0.1) is 0 Å². The molecule has 1 aromatic carbocycles. The third-order valence-electron chi connectivity index (χ3n) is 4.95. The van der Waals surface area contributed by atoms with Gasteiger partial charge >= 0.3 is 60.1 Å². The Kier molecular flexibility index (Phi) is 10.6. The van der Waals surface area contributed by atoms with E-state index in [-0.39, 0.29) is 12.1 Å². The van der Waals surface area contributed by atoms with Crippen LogP contribution in [-0.2, 0) is 30.3 Å². The Bertz CT molecular complexity index is 1270. The summed E-state index contributed by atoms with van der Waals surface area (Å²) in [7, 11) is 0. The predicted molar refractivity (Wildman–Crippen MR) is 108 cm³/mol. The molecule has 0 bridgehead atoms. The summed E-state index contributed by atoms with van der Waals surface area (Å²) >= 11 is 0. The molecule has 0 saturated heterocycles. The first kappa shape index (κ1) is 38.1. The number of alkyl halides is 15. The maximum Gasteiger partial charge on any atom is 0.465 e. The summed E-state index contributed by atoms with van der Waals surface area (Å²) in [5.41, 5.74) is -3.91. The van der Waals surface area contributed by atoms with Crippen molar-refractivity contribution in [1.82, 2.24) is 5.32 Å². The molecule has 23 heteroatoms. The Morgan fingerprint density at radius 1 is 0.636 bits per heavy atom. The lowest BCUT2D eigenvalue weighted by Gasteiger charge is -2.31. The number of nitrogens with one attached hydrogen (secondary N) is 1. The zero-order chi connectivity index (χ0) is 34.9. The Labute approximate surface area is 233 Å². The van der Waals surface area contributed by atoms with Gasteiger partial charge in [0.1, 0.15) is 5.54 Å². The van der Waals surface area contributed by atoms with Gasteiger partial charge in [-0.15, -0.1) is 0 Å². The lowest BCUT2D eigenvalue weighted by molar-refractivity contribution is -0.277. The third kappa shape index (κ3) is 7.95. The number of esters is 3. The SMILES string of the molecule is CCOC(=O)[C@](C)(Cc1ccc(OC(=O)C(F)(F)C(F)(F)F)c(OC(=O)C(F)(F)C(F)(F)F)c1)NC(=O)C(F)(F)C(F)(F)F. The number of benzene rings is 1. The molecule has 0 unspecified atom stereocenters. The van der Waals surface area contributed by atoms with Crippen molar-refractivity contribution in [3.05, 3.63) is 23.8 Å². The van der Waals surface area contributed by atoms with E-state index >= 15 is 0 Å². The van der Waals surface area contributed by atoms with Crippen LogP contribution in [0.4, 0.5) is 65.9 Å². The normalized spacial score (nSPS) is 14.8. The van der Waals surface area contributed by atoms with Crippen molar-refractivity contribution in [2.75, 3.05) is 6.61 Å². The zero-order valence-electron chi connectivity index (χ0n) is 21.2. The van der Waals surface area contributed by atoms with E-state index in [1.54, 1.807) is 0 Å². The van der Waals surface area contributed by atoms with Crippen LogP contribution >= 0.6 is 0 Å². The molecule has 0 fully saturated rings. The highest BCUT2D eigenvalue weighted by molar-refractivity contribution is 5.92. The first-order valence-electron chi connectivity index (χ1n) is 10.9. The fourth-order valence-corrected chi connectivity index (χ4v) is 2.71. The van der Waals surface area contributed by atoms with E-state index < -0.39 is 95.7 Å².